The summed E-state index contributed by atoms with van der Waals surface area (Å²) in [4.78, 5) is 4.45. The van der Waals surface area contributed by atoms with Crippen molar-refractivity contribution in [2.45, 2.75) is 6.92 Å². The van der Waals surface area contributed by atoms with E-state index in [4.69, 9.17) is 9.26 Å². The molecule has 0 unspecified atom stereocenters. The van der Waals surface area contributed by atoms with Gasteiger partial charge in [0.15, 0.2) is 5.65 Å². The Labute approximate surface area is 131 Å². The van der Waals surface area contributed by atoms with Crippen LogP contribution < -0.4 is 4.74 Å². The molecule has 0 radical (unpaired) electrons. The molecule has 3 heterocycles. The highest BCUT2D eigenvalue weighted by Gasteiger charge is 2.12. The molecule has 0 N–H and O–H groups in total. The average Bonchev–Trinajstić information content (AvgIpc) is 3.22. The Morgan fingerprint density at radius 2 is 1.78 bits per heavy atom. The van der Waals surface area contributed by atoms with Gasteiger partial charge in [-0.2, -0.15) is 4.98 Å². The predicted octanol–water partition coefficient (Wildman–Crippen LogP) is 2.76. The molecule has 1 aromatic carbocycles. The van der Waals surface area contributed by atoms with Gasteiger partial charge in [-0.25, -0.2) is 0 Å². The first-order valence-electron chi connectivity index (χ1n) is 7.04. The van der Waals surface area contributed by atoms with E-state index in [1.165, 1.54) is 0 Å². The second-order valence-corrected chi connectivity index (χ2v) is 5.04. The molecule has 7 heteroatoms. The quantitative estimate of drug-likeness (QED) is 0.579. The van der Waals surface area contributed by atoms with Crippen LogP contribution in [0.2, 0.25) is 0 Å². The van der Waals surface area contributed by atoms with Crippen LogP contribution in [0, 0.1) is 6.92 Å². The van der Waals surface area contributed by atoms with E-state index in [2.05, 4.69) is 20.3 Å². The van der Waals surface area contributed by atoms with E-state index in [-0.39, 0.29) is 0 Å². The molecule has 23 heavy (non-hydrogen) atoms. The SMILES string of the molecule is COc1ccc(-c2nc(-c3ccc4nnc(C)n4c3)no2)cc1. The molecule has 0 aliphatic heterocycles. The van der Waals surface area contributed by atoms with Gasteiger partial charge in [0.1, 0.15) is 11.6 Å². The van der Waals surface area contributed by atoms with E-state index in [0.717, 1.165) is 28.3 Å². The summed E-state index contributed by atoms with van der Waals surface area (Å²) in [6, 6.07) is 11.2. The van der Waals surface area contributed by atoms with Crippen LogP contribution >= 0.6 is 0 Å². The molecule has 3 aromatic heterocycles. The van der Waals surface area contributed by atoms with Crippen LogP contribution in [-0.2, 0) is 0 Å². The third-order valence-corrected chi connectivity index (χ3v) is 3.59. The van der Waals surface area contributed by atoms with Gasteiger partial charge >= 0.3 is 0 Å². The lowest BCUT2D eigenvalue weighted by atomic mass is 10.2. The van der Waals surface area contributed by atoms with Gasteiger partial charge in [0.25, 0.3) is 5.89 Å². The van der Waals surface area contributed by atoms with Crippen LogP contribution in [0.1, 0.15) is 5.82 Å². The van der Waals surface area contributed by atoms with Crippen LogP contribution in [0.5, 0.6) is 5.75 Å². The predicted molar refractivity (Wildman–Crippen MR) is 83.0 cm³/mol. The maximum atomic E-state index is 5.36. The van der Waals surface area contributed by atoms with Crippen molar-refractivity contribution in [3.05, 3.63) is 48.4 Å². The van der Waals surface area contributed by atoms with Gasteiger partial charge < -0.3 is 9.26 Å². The molecule has 0 fully saturated rings. The van der Waals surface area contributed by atoms with Crippen LogP contribution in [0.25, 0.3) is 28.5 Å². The summed E-state index contributed by atoms with van der Waals surface area (Å²) in [5.41, 5.74) is 2.46. The molecule has 0 amide bonds. The van der Waals surface area contributed by atoms with Crippen molar-refractivity contribution in [2.24, 2.45) is 0 Å². The zero-order chi connectivity index (χ0) is 15.8. The minimum Gasteiger partial charge on any atom is -0.497 e. The third kappa shape index (κ3) is 2.32. The van der Waals surface area contributed by atoms with E-state index in [1.54, 1.807) is 7.11 Å². The summed E-state index contributed by atoms with van der Waals surface area (Å²) in [5.74, 6) is 2.57. The lowest BCUT2D eigenvalue weighted by Crippen LogP contribution is -1.90. The minimum absolute atomic E-state index is 0.461. The molecule has 0 atom stereocenters. The number of hydrogen-bond acceptors (Lipinski definition) is 6. The van der Waals surface area contributed by atoms with Gasteiger partial charge in [0.2, 0.25) is 5.82 Å². The normalized spacial score (nSPS) is 11.0. The Hall–Kier alpha value is -3.22. The lowest BCUT2D eigenvalue weighted by Gasteiger charge is -1.99. The smallest absolute Gasteiger partial charge is 0.258 e. The highest BCUT2D eigenvalue weighted by molar-refractivity contribution is 5.61. The summed E-state index contributed by atoms with van der Waals surface area (Å²) in [6.45, 7) is 1.89. The summed E-state index contributed by atoms with van der Waals surface area (Å²) in [6.07, 6.45) is 1.90. The molecule has 114 valence electrons. The monoisotopic (exact) mass is 307 g/mol. The number of aromatic nitrogens is 5. The molecule has 0 bridgehead atoms. The molecule has 7 nitrogen and oxygen atoms in total. The van der Waals surface area contributed by atoms with E-state index < -0.39 is 0 Å². The van der Waals surface area contributed by atoms with Gasteiger partial charge in [0.05, 0.1) is 7.11 Å². The molecule has 0 spiro atoms. The maximum absolute atomic E-state index is 5.36. The third-order valence-electron chi connectivity index (χ3n) is 3.59. The van der Waals surface area contributed by atoms with E-state index in [9.17, 15) is 0 Å². The van der Waals surface area contributed by atoms with Crippen LogP contribution in [0.15, 0.2) is 47.1 Å². The fraction of sp³-hybridized carbons (Fsp3) is 0.125. The number of hydrogen-bond donors (Lipinski definition) is 0. The van der Waals surface area contributed by atoms with Gasteiger partial charge in [-0.05, 0) is 43.3 Å². The summed E-state index contributed by atoms with van der Waals surface area (Å²) < 4.78 is 12.4. The molecular formula is C16H13N5O2. The number of fused-ring (bicyclic) bond motifs is 1. The lowest BCUT2D eigenvalue weighted by molar-refractivity contribution is 0.414. The number of nitrogens with zero attached hydrogens (tertiary/aromatic N) is 5. The van der Waals surface area contributed by atoms with Crippen molar-refractivity contribution in [3.63, 3.8) is 0 Å². The van der Waals surface area contributed by atoms with Crippen molar-refractivity contribution < 1.29 is 9.26 Å². The maximum Gasteiger partial charge on any atom is 0.258 e. The van der Waals surface area contributed by atoms with Gasteiger partial charge in [-0.3, -0.25) is 4.40 Å². The summed E-state index contributed by atoms with van der Waals surface area (Å²) in [5, 5.41) is 12.2. The molecule has 4 rings (SSSR count). The van der Waals surface area contributed by atoms with E-state index >= 15 is 0 Å². The number of methoxy groups -OCH3 is 1. The summed E-state index contributed by atoms with van der Waals surface area (Å²) in [7, 11) is 1.63. The van der Waals surface area contributed by atoms with Crippen LogP contribution in [0.4, 0.5) is 0 Å². The number of aryl methyl sites for hydroxylation is 1. The highest BCUT2D eigenvalue weighted by atomic mass is 16.5. The number of rotatable bonds is 3. The molecule has 0 saturated heterocycles. The topological polar surface area (TPSA) is 78.3 Å². The number of pyridine rings is 1. The van der Waals surface area contributed by atoms with Crippen molar-refractivity contribution in [3.8, 4) is 28.6 Å². The van der Waals surface area contributed by atoms with Crippen molar-refractivity contribution >= 4 is 5.65 Å². The Morgan fingerprint density at radius 1 is 1.00 bits per heavy atom. The number of benzene rings is 1. The molecular weight excluding hydrogens is 294 g/mol. The molecule has 4 aromatic rings. The average molecular weight is 307 g/mol. The van der Waals surface area contributed by atoms with Gasteiger partial charge in [-0.15, -0.1) is 10.2 Å². The molecule has 0 aliphatic carbocycles. The zero-order valence-electron chi connectivity index (χ0n) is 12.6. The second kappa shape index (κ2) is 5.20. The molecule has 0 aliphatic rings. The standard InChI is InChI=1S/C16H13N5O2/c1-10-18-19-14-8-5-12(9-21(10)14)15-17-16(23-20-15)11-3-6-13(22-2)7-4-11/h3-9H,1-2H3. The minimum atomic E-state index is 0.461. The Kier molecular flexibility index (Phi) is 3.04. The fourth-order valence-corrected chi connectivity index (χ4v) is 2.33. The Morgan fingerprint density at radius 3 is 2.57 bits per heavy atom. The van der Waals surface area contributed by atoms with E-state index in [1.807, 2.05) is 53.9 Å². The second-order valence-electron chi connectivity index (χ2n) is 5.04. The first kappa shape index (κ1) is 13.4. The fourth-order valence-electron chi connectivity index (χ4n) is 2.33. The van der Waals surface area contributed by atoms with E-state index in [0.29, 0.717) is 11.7 Å². The van der Waals surface area contributed by atoms with Crippen molar-refractivity contribution in [1.29, 1.82) is 0 Å². The largest absolute Gasteiger partial charge is 0.497 e. The first-order valence-corrected chi connectivity index (χ1v) is 7.04. The van der Waals surface area contributed by atoms with Crippen molar-refractivity contribution in [1.82, 2.24) is 24.7 Å². The Bertz CT molecular complexity index is 972. The summed E-state index contributed by atoms with van der Waals surface area (Å²) >= 11 is 0. The number of ether oxygens (including phenoxy) is 1. The highest BCUT2D eigenvalue weighted by Crippen LogP contribution is 2.24. The zero-order valence-corrected chi connectivity index (χ0v) is 12.6. The van der Waals surface area contributed by atoms with Crippen LogP contribution in [0.3, 0.4) is 0 Å². The van der Waals surface area contributed by atoms with Gasteiger partial charge in [0, 0.05) is 17.3 Å². The van der Waals surface area contributed by atoms with Crippen molar-refractivity contribution in [2.75, 3.05) is 7.11 Å². The molecule has 0 saturated carbocycles. The first-order chi connectivity index (χ1) is 11.2. The Balaban J connectivity index is 1.71. The van der Waals surface area contributed by atoms with Gasteiger partial charge in [-0.1, -0.05) is 5.16 Å². The van der Waals surface area contributed by atoms with Crippen LogP contribution in [-0.4, -0.2) is 31.8 Å².